The van der Waals surface area contributed by atoms with E-state index in [2.05, 4.69) is 32.6 Å². The van der Waals surface area contributed by atoms with Gasteiger partial charge in [0.1, 0.15) is 0 Å². The van der Waals surface area contributed by atoms with Crippen molar-refractivity contribution >= 4 is 0 Å². The summed E-state index contributed by atoms with van der Waals surface area (Å²) in [5, 5.41) is 0. The quantitative estimate of drug-likeness (QED) is 0.560. The van der Waals surface area contributed by atoms with Gasteiger partial charge in [0.15, 0.2) is 0 Å². The van der Waals surface area contributed by atoms with Crippen LogP contribution >= 0.6 is 0 Å². The van der Waals surface area contributed by atoms with Crippen molar-refractivity contribution in [2.45, 2.75) is 59.8 Å². The first-order valence-corrected chi connectivity index (χ1v) is 7.30. The van der Waals surface area contributed by atoms with E-state index >= 15 is 0 Å². The van der Waals surface area contributed by atoms with E-state index in [0.29, 0.717) is 0 Å². The lowest BCUT2D eigenvalue weighted by Crippen LogP contribution is -2.47. The van der Waals surface area contributed by atoms with Crippen LogP contribution in [-0.2, 0) is 0 Å². The second kappa shape index (κ2) is 7.32. The van der Waals surface area contributed by atoms with Crippen molar-refractivity contribution < 1.29 is 0 Å². The van der Waals surface area contributed by atoms with Crippen molar-refractivity contribution in [3.05, 3.63) is 0 Å². The SMILES string of the molecule is CC(C)CCCCCC1CN(CC(C)C)C1. The first-order chi connectivity index (χ1) is 7.58. The zero-order chi connectivity index (χ0) is 12.0. The minimum Gasteiger partial charge on any atom is -0.302 e. The summed E-state index contributed by atoms with van der Waals surface area (Å²) in [5.74, 6) is 2.76. The molecule has 0 bridgehead atoms. The number of hydrogen-bond donors (Lipinski definition) is 0. The fraction of sp³-hybridized carbons (Fsp3) is 1.00. The third-order valence-electron chi connectivity index (χ3n) is 3.55. The van der Waals surface area contributed by atoms with Gasteiger partial charge in [0.25, 0.3) is 0 Å². The number of unbranched alkanes of at least 4 members (excludes halogenated alkanes) is 2. The molecule has 1 fully saturated rings. The molecule has 1 heteroatoms. The maximum Gasteiger partial charge on any atom is 0.00221 e. The van der Waals surface area contributed by atoms with Crippen LogP contribution in [0.25, 0.3) is 0 Å². The Balaban J connectivity index is 1.86. The van der Waals surface area contributed by atoms with Crippen LogP contribution in [0.15, 0.2) is 0 Å². The Bertz CT molecular complexity index is 168. The fourth-order valence-electron chi connectivity index (χ4n) is 2.69. The van der Waals surface area contributed by atoms with Crippen molar-refractivity contribution in [1.29, 1.82) is 0 Å². The van der Waals surface area contributed by atoms with E-state index in [0.717, 1.165) is 17.8 Å². The molecule has 1 nitrogen and oxygen atoms in total. The highest BCUT2D eigenvalue weighted by Crippen LogP contribution is 2.23. The average Bonchev–Trinajstić information content (AvgIpc) is 2.11. The Morgan fingerprint density at radius 3 is 2.19 bits per heavy atom. The van der Waals surface area contributed by atoms with Crippen LogP contribution in [0.2, 0.25) is 0 Å². The first kappa shape index (κ1) is 14.0. The van der Waals surface area contributed by atoms with Crippen LogP contribution in [0, 0.1) is 17.8 Å². The monoisotopic (exact) mass is 225 g/mol. The fourth-order valence-corrected chi connectivity index (χ4v) is 2.69. The van der Waals surface area contributed by atoms with Gasteiger partial charge in [-0.3, -0.25) is 0 Å². The Kier molecular flexibility index (Phi) is 6.41. The van der Waals surface area contributed by atoms with Gasteiger partial charge in [0.2, 0.25) is 0 Å². The highest BCUT2D eigenvalue weighted by Gasteiger charge is 2.25. The third-order valence-corrected chi connectivity index (χ3v) is 3.55. The van der Waals surface area contributed by atoms with Crippen LogP contribution in [0.5, 0.6) is 0 Å². The molecule has 0 aromatic rings. The predicted molar refractivity (Wildman–Crippen MR) is 72.7 cm³/mol. The largest absolute Gasteiger partial charge is 0.302 e. The number of hydrogen-bond acceptors (Lipinski definition) is 1. The average molecular weight is 225 g/mol. The summed E-state index contributed by atoms with van der Waals surface area (Å²) in [5.41, 5.74) is 0. The third kappa shape index (κ3) is 5.89. The second-order valence-corrected chi connectivity index (χ2v) is 6.51. The van der Waals surface area contributed by atoms with Crippen molar-refractivity contribution in [3.8, 4) is 0 Å². The number of nitrogens with zero attached hydrogens (tertiary/aromatic N) is 1. The van der Waals surface area contributed by atoms with Crippen molar-refractivity contribution in [3.63, 3.8) is 0 Å². The van der Waals surface area contributed by atoms with E-state index in [9.17, 15) is 0 Å². The number of rotatable bonds is 8. The molecule has 0 aromatic heterocycles. The van der Waals surface area contributed by atoms with Crippen molar-refractivity contribution in [1.82, 2.24) is 4.90 Å². The van der Waals surface area contributed by atoms with Gasteiger partial charge in [0.05, 0.1) is 0 Å². The molecule has 0 unspecified atom stereocenters. The van der Waals surface area contributed by atoms with E-state index in [1.54, 1.807) is 0 Å². The summed E-state index contributed by atoms with van der Waals surface area (Å²) >= 11 is 0. The molecule has 0 atom stereocenters. The lowest BCUT2D eigenvalue weighted by Gasteiger charge is -2.40. The molecule has 1 saturated heterocycles. The second-order valence-electron chi connectivity index (χ2n) is 6.51. The molecule has 0 radical (unpaired) electrons. The van der Waals surface area contributed by atoms with Gasteiger partial charge in [0, 0.05) is 19.6 Å². The maximum atomic E-state index is 2.61. The molecule has 96 valence electrons. The van der Waals surface area contributed by atoms with Gasteiger partial charge in [-0.1, -0.05) is 53.4 Å². The molecule has 0 aliphatic carbocycles. The summed E-state index contributed by atoms with van der Waals surface area (Å²) < 4.78 is 0. The Hall–Kier alpha value is -0.0400. The molecule has 1 aliphatic heterocycles. The predicted octanol–water partition coefficient (Wildman–Crippen LogP) is 4.18. The molecule has 16 heavy (non-hydrogen) atoms. The minimum absolute atomic E-state index is 0.840. The lowest BCUT2D eigenvalue weighted by atomic mass is 9.92. The van der Waals surface area contributed by atoms with Crippen molar-refractivity contribution in [2.24, 2.45) is 17.8 Å². The van der Waals surface area contributed by atoms with Crippen molar-refractivity contribution in [2.75, 3.05) is 19.6 Å². The van der Waals surface area contributed by atoms with Gasteiger partial charge in [-0.2, -0.15) is 0 Å². The molecule has 1 aliphatic rings. The normalized spacial score (nSPS) is 18.4. The van der Waals surface area contributed by atoms with E-state index in [1.807, 2.05) is 0 Å². The molecular formula is C15H31N. The van der Waals surface area contributed by atoms with Crippen LogP contribution in [0.1, 0.15) is 59.8 Å². The molecule has 0 saturated carbocycles. The maximum absolute atomic E-state index is 2.61. The van der Waals surface area contributed by atoms with E-state index in [1.165, 1.54) is 51.7 Å². The van der Waals surface area contributed by atoms with E-state index in [4.69, 9.17) is 0 Å². The molecule has 0 spiro atoms. The summed E-state index contributed by atoms with van der Waals surface area (Å²) in [6.45, 7) is 13.4. The highest BCUT2D eigenvalue weighted by molar-refractivity contribution is 4.79. The lowest BCUT2D eigenvalue weighted by molar-refractivity contribution is 0.0797. The molecule has 1 rings (SSSR count). The van der Waals surface area contributed by atoms with Gasteiger partial charge >= 0.3 is 0 Å². The van der Waals surface area contributed by atoms with Crippen LogP contribution in [-0.4, -0.2) is 24.5 Å². The summed E-state index contributed by atoms with van der Waals surface area (Å²) in [4.78, 5) is 2.61. The molecule has 1 heterocycles. The summed E-state index contributed by atoms with van der Waals surface area (Å²) in [6, 6.07) is 0. The van der Waals surface area contributed by atoms with Gasteiger partial charge in [-0.15, -0.1) is 0 Å². The summed E-state index contributed by atoms with van der Waals surface area (Å²) in [7, 11) is 0. The standard InChI is InChI=1S/C15H31N/c1-13(2)8-6-5-7-9-15-11-16(12-15)10-14(3)4/h13-15H,5-12H2,1-4H3. The van der Waals surface area contributed by atoms with E-state index in [-0.39, 0.29) is 0 Å². The Labute approximate surface area is 103 Å². The topological polar surface area (TPSA) is 3.24 Å². The van der Waals surface area contributed by atoms with E-state index < -0.39 is 0 Å². The minimum atomic E-state index is 0.840. The molecular weight excluding hydrogens is 194 g/mol. The van der Waals surface area contributed by atoms with Crippen LogP contribution in [0.4, 0.5) is 0 Å². The molecule has 0 amide bonds. The van der Waals surface area contributed by atoms with Crippen LogP contribution < -0.4 is 0 Å². The zero-order valence-electron chi connectivity index (χ0n) is 11.8. The highest BCUT2D eigenvalue weighted by atomic mass is 15.2. The molecule has 0 aromatic carbocycles. The van der Waals surface area contributed by atoms with Gasteiger partial charge in [-0.25, -0.2) is 0 Å². The Morgan fingerprint density at radius 2 is 1.62 bits per heavy atom. The first-order valence-electron chi connectivity index (χ1n) is 7.30. The van der Waals surface area contributed by atoms with Gasteiger partial charge in [-0.05, 0) is 24.2 Å². The Morgan fingerprint density at radius 1 is 0.938 bits per heavy atom. The van der Waals surface area contributed by atoms with Crippen LogP contribution in [0.3, 0.4) is 0 Å². The van der Waals surface area contributed by atoms with Gasteiger partial charge < -0.3 is 4.90 Å². The summed E-state index contributed by atoms with van der Waals surface area (Å²) in [6.07, 6.45) is 7.27. The smallest absolute Gasteiger partial charge is 0.00221 e. The number of likely N-dealkylation sites (tertiary alicyclic amines) is 1. The molecule has 0 N–H and O–H groups in total. The zero-order valence-corrected chi connectivity index (χ0v) is 11.8.